The molecule has 2 nitrogen and oxygen atoms in total. The van der Waals surface area contributed by atoms with Crippen LogP contribution in [0.1, 0.15) is 0 Å². The van der Waals surface area contributed by atoms with Gasteiger partial charge < -0.3 is 9.80 Å². The fourth-order valence-electron chi connectivity index (χ4n) is 7.00. The second-order valence-electron chi connectivity index (χ2n) is 12.6. The summed E-state index contributed by atoms with van der Waals surface area (Å²) in [6.07, 6.45) is 0. The van der Waals surface area contributed by atoms with Crippen molar-refractivity contribution < 1.29 is 0 Å². The van der Waals surface area contributed by atoms with E-state index in [9.17, 15) is 0 Å². The number of hydrogen-bond donors (Lipinski definition) is 0. The number of anilines is 6. The van der Waals surface area contributed by atoms with Gasteiger partial charge >= 0.3 is 0 Å². The molecule has 0 spiro atoms. The Labute approximate surface area is 302 Å². The van der Waals surface area contributed by atoms with Gasteiger partial charge in [-0.3, -0.25) is 0 Å². The average Bonchev–Trinajstić information content (AvgIpc) is 3.59. The molecule has 1 heterocycles. The van der Waals surface area contributed by atoms with E-state index in [-0.39, 0.29) is 0 Å². The molecule has 9 rings (SSSR count). The van der Waals surface area contributed by atoms with E-state index < -0.39 is 0 Å². The van der Waals surface area contributed by atoms with Gasteiger partial charge in [0.05, 0.1) is 0 Å². The molecule has 0 N–H and O–H groups in total. The first-order valence-corrected chi connectivity index (χ1v) is 18.1. The molecule has 9 aromatic rings. The second-order valence-corrected chi connectivity index (χ2v) is 13.7. The molecule has 0 bridgehead atoms. The van der Waals surface area contributed by atoms with Gasteiger partial charge in [-0.05, 0) is 107 Å². The van der Waals surface area contributed by atoms with Crippen molar-refractivity contribution in [3.63, 3.8) is 0 Å². The van der Waals surface area contributed by atoms with Gasteiger partial charge in [-0.2, -0.15) is 0 Å². The van der Waals surface area contributed by atoms with E-state index in [2.05, 4.69) is 216 Å². The van der Waals surface area contributed by atoms with Crippen molar-refractivity contribution in [2.24, 2.45) is 0 Å². The Hall–Kier alpha value is -6.42. The van der Waals surface area contributed by atoms with Crippen LogP contribution in [0.25, 0.3) is 42.4 Å². The Kier molecular flexibility index (Phi) is 8.09. The number of nitrogens with zero attached hydrogens (tertiary/aromatic N) is 2. The van der Waals surface area contributed by atoms with E-state index in [0.717, 1.165) is 34.1 Å². The molecule has 0 fully saturated rings. The standard InChI is InChI=1S/C48H34N2S/c1-5-14-38(15-6-1)49(39-16-7-2-8-17-39)42-29-24-35(25-30-42)37-28-33-47-46(34-37)45-23-13-22-44(48(45)51-47)36-26-31-43(32-27-36)50(40-18-9-3-10-19-40)41-20-11-4-12-21-41/h1-34H. The first-order valence-electron chi connectivity index (χ1n) is 17.3. The molecular weight excluding hydrogens is 637 g/mol. The summed E-state index contributed by atoms with van der Waals surface area (Å²) in [7, 11) is 0. The summed E-state index contributed by atoms with van der Waals surface area (Å²) in [6, 6.07) is 73.8. The maximum Gasteiger partial charge on any atom is 0.0462 e. The molecular formula is C48H34N2S. The van der Waals surface area contributed by atoms with E-state index in [0.29, 0.717) is 0 Å². The third-order valence-corrected chi connectivity index (χ3v) is 10.7. The lowest BCUT2D eigenvalue weighted by molar-refractivity contribution is 1.28. The molecule has 0 aliphatic heterocycles. The summed E-state index contributed by atoms with van der Waals surface area (Å²) >= 11 is 1.88. The Bertz CT molecular complexity index is 2470. The van der Waals surface area contributed by atoms with Crippen LogP contribution in [0.4, 0.5) is 34.1 Å². The van der Waals surface area contributed by atoms with Gasteiger partial charge in [0, 0.05) is 54.3 Å². The van der Waals surface area contributed by atoms with Gasteiger partial charge in [0.15, 0.2) is 0 Å². The third kappa shape index (κ3) is 5.94. The average molecular weight is 671 g/mol. The lowest BCUT2D eigenvalue weighted by Gasteiger charge is -2.25. The minimum absolute atomic E-state index is 1.13. The van der Waals surface area contributed by atoms with E-state index >= 15 is 0 Å². The molecule has 0 aliphatic carbocycles. The zero-order valence-electron chi connectivity index (χ0n) is 27.9. The normalized spacial score (nSPS) is 11.1. The monoisotopic (exact) mass is 670 g/mol. The predicted octanol–water partition coefficient (Wildman–Crippen LogP) is 14.3. The lowest BCUT2D eigenvalue weighted by Crippen LogP contribution is -2.09. The maximum absolute atomic E-state index is 2.36. The van der Waals surface area contributed by atoms with Crippen molar-refractivity contribution in [3.8, 4) is 22.3 Å². The second kappa shape index (κ2) is 13.5. The third-order valence-electron chi connectivity index (χ3n) is 9.45. The van der Waals surface area contributed by atoms with Crippen LogP contribution in [-0.4, -0.2) is 0 Å². The van der Waals surface area contributed by atoms with Crippen molar-refractivity contribution in [1.82, 2.24) is 0 Å². The van der Waals surface area contributed by atoms with E-state index in [1.807, 2.05) is 11.3 Å². The van der Waals surface area contributed by atoms with Crippen LogP contribution in [0.5, 0.6) is 0 Å². The lowest BCUT2D eigenvalue weighted by atomic mass is 9.99. The van der Waals surface area contributed by atoms with Crippen LogP contribution < -0.4 is 9.80 Å². The maximum atomic E-state index is 2.36. The number of thiophene rings is 1. The Morgan fingerprint density at radius 3 is 1.18 bits per heavy atom. The summed E-state index contributed by atoms with van der Waals surface area (Å²) in [6.45, 7) is 0. The van der Waals surface area contributed by atoms with Gasteiger partial charge in [-0.1, -0.05) is 121 Å². The van der Waals surface area contributed by atoms with Gasteiger partial charge in [0.25, 0.3) is 0 Å². The highest BCUT2D eigenvalue weighted by molar-refractivity contribution is 7.26. The topological polar surface area (TPSA) is 6.48 Å². The van der Waals surface area contributed by atoms with Gasteiger partial charge in [-0.25, -0.2) is 0 Å². The predicted molar refractivity (Wildman–Crippen MR) is 220 cm³/mol. The van der Waals surface area contributed by atoms with Gasteiger partial charge in [0.1, 0.15) is 0 Å². The van der Waals surface area contributed by atoms with Crippen LogP contribution in [0, 0.1) is 0 Å². The number of hydrogen-bond acceptors (Lipinski definition) is 3. The summed E-state index contributed by atoms with van der Waals surface area (Å²) in [5.74, 6) is 0. The molecule has 8 aromatic carbocycles. The fraction of sp³-hybridized carbons (Fsp3) is 0. The number of benzene rings is 8. The molecule has 0 amide bonds. The molecule has 0 saturated heterocycles. The van der Waals surface area contributed by atoms with Gasteiger partial charge in [-0.15, -0.1) is 11.3 Å². The smallest absolute Gasteiger partial charge is 0.0462 e. The van der Waals surface area contributed by atoms with Crippen LogP contribution in [0.15, 0.2) is 206 Å². The largest absolute Gasteiger partial charge is 0.311 e. The Morgan fingerprint density at radius 1 is 0.294 bits per heavy atom. The van der Waals surface area contributed by atoms with Crippen molar-refractivity contribution in [3.05, 3.63) is 206 Å². The first kappa shape index (κ1) is 30.6. The molecule has 0 unspecified atom stereocenters. The van der Waals surface area contributed by atoms with Crippen molar-refractivity contribution in [2.45, 2.75) is 0 Å². The molecule has 1 aromatic heterocycles. The highest BCUT2D eigenvalue weighted by atomic mass is 32.1. The molecule has 0 radical (unpaired) electrons. The minimum Gasteiger partial charge on any atom is -0.311 e. The van der Waals surface area contributed by atoms with Crippen LogP contribution in [0.3, 0.4) is 0 Å². The van der Waals surface area contributed by atoms with Crippen molar-refractivity contribution in [2.75, 3.05) is 9.80 Å². The van der Waals surface area contributed by atoms with E-state index in [1.165, 1.54) is 42.4 Å². The molecule has 0 saturated carbocycles. The van der Waals surface area contributed by atoms with Crippen LogP contribution in [0.2, 0.25) is 0 Å². The van der Waals surface area contributed by atoms with Gasteiger partial charge in [0.2, 0.25) is 0 Å². The first-order chi connectivity index (χ1) is 25.3. The molecule has 51 heavy (non-hydrogen) atoms. The molecule has 0 atom stereocenters. The van der Waals surface area contributed by atoms with Crippen LogP contribution in [-0.2, 0) is 0 Å². The number of para-hydroxylation sites is 4. The fourth-order valence-corrected chi connectivity index (χ4v) is 8.22. The molecule has 242 valence electrons. The van der Waals surface area contributed by atoms with E-state index in [4.69, 9.17) is 0 Å². The quantitative estimate of drug-likeness (QED) is 0.159. The zero-order chi connectivity index (χ0) is 34.0. The zero-order valence-corrected chi connectivity index (χ0v) is 28.7. The number of fused-ring (bicyclic) bond motifs is 3. The van der Waals surface area contributed by atoms with E-state index in [1.54, 1.807) is 0 Å². The highest BCUT2D eigenvalue weighted by Crippen LogP contribution is 2.43. The summed E-state index contributed by atoms with van der Waals surface area (Å²) in [5, 5.41) is 2.59. The minimum atomic E-state index is 1.13. The SMILES string of the molecule is c1ccc(N(c2ccccc2)c2ccc(-c3ccc4sc5c(-c6ccc(N(c7ccccc7)c7ccccc7)cc6)cccc5c4c3)cc2)cc1. The molecule has 0 aliphatic rings. The highest BCUT2D eigenvalue weighted by Gasteiger charge is 2.16. The van der Waals surface area contributed by atoms with Crippen LogP contribution >= 0.6 is 11.3 Å². The summed E-state index contributed by atoms with van der Waals surface area (Å²) in [5.41, 5.74) is 11.7. The Balaban J connectivity index is 1.05. The Morgan fingerprint density at radius 2 is 0.706 bits per heavy atom. The number of rotatable bonds is 8. The molecule has 3 heteroatoms. The summed E-state index contributed by atoms with van der Waals surface area (Å²) < 4.78 is 2.62. The van der Waals surface area contributed by atoms with Crippen molar-refractivity contribution >= 4 is 65.6 Å². The van der Waals surface area contributed by atoms with Crippen molar-refractivity contribution in [1.29, 1.82) is 0 Å². The summed E-state index contributed by atoms with van der Waals surface area (Å²) in [4.78, 5) is 4.60.